The van der Waals surface area contributed by atoms with Crippen molar-refractivity contribution in [2.45, 2.75) is 39.3 Å². The van der Waals surface area contributed by atoms with Crippen molar-refractivity contribution in [2.75, 3.05) is 19.6 Å². The van der Waals surface area contributed by atoms with Gasteiger partial charge < -0.3 is 10.4 Å². The van der Waals surface area contributed by atoms with Crippen molar-refractivity contribution in [3.05, 3.63) is 35.6 Å². The average molecular weight is 296 g/mol. The first-order valence-corrected chi connectivity index (χ1v) is 7.21. The first kappa shape index (κ1) is 17.6. The van der Waals surface area contributed by atoms with Gasteiger partial charge in [0.05, 0.1) is 18.2 Å². The van der Waals surface area contributed by atoms with Gasteiger partial charge in [0.2, 0.25) is 5.91 Å². The number of amides is 1. The van der Waals surface area contributed by atoms with Crippen molar-refractivity contribution in [3.8, 4) is 0 Å². The molecule has 0 spiro atoms. The maximum atomic E-state index is 12.9. The summed E-state index contributed by atoms with van der Waals surface area (Å²) < 4.78 is 12.9. The van der Waals surface area contributed by atoms with Crippen LogP contribution >= 0.6 is 0 Å². The Kier molecular flexibility index (Phi) is 6.30. The van der Waals surface area contributed by atoms with E-state index in [1.54, 1.807) is 26.0 Å². The van der Waals surface area contributed by atoms with Crippen LogP contribution in [0.5, 0.6) is 0 Å². The van der Waals surface area contributed by atoms with Crippen LogP contribution in [0, 0.1) is 5.82 Å². The van der Waals surface area contributed by atoms with Crippen LogP contribution in [-0.2, 0) is 4.79 Å². The van der Waals surface area contributed by atoms with Crippen LogP contribution in [0.15, 0.2) is 24.3 Å². The van der Waals surface area contributed by atoms with Gasteiger partial charge in [0.15, 0.2) is 0 Å². The zero-order chi connectivity index (χ0) is 16.0. The number of rotatable bonds is 7. The summed E-state index contributed by atoms with van der Waals surface area (Å²) in [4.78, 5) is 13.9. The van der Waals surface area contributed by atoms with E-state index >= 15 is 0 Å². The summed E-state index contributed by atoms with van der Waals surface area (Å²) in [6, 6.07) is 5.90. The fourth-order valence-electron chi connectivity index (χ4n) is 2.15. The molecule has 118 valence electrons. The highest BCUT2D eigenvalue weighted by Gasteiger charge is 2.19. The normalized spacial score (nSPS) is 13.3. The molecule has 0 radical (unpaired) electrons. The lowest BCUT2D eigenvalue weighted by Gasteiger charge is -2.27. The quantitative estimate of drug-likeness (QED) is 0.810. The number of nitrogens with one attached hydrogen (secondary N) is 1. The molecule has 0 bridgehead atoms. The molecule has 0 aliphatic rings. The number of benzene rings is 1. The lowest BCUT2D eigenvalue weighted by atomic mass is 10.1. The van der Waals surface area contributed by atoms with Gasteiger partial charge in [-0.05, 0) is 45.0 Å². The summed E-state index contributed by atoms with van der Waals surface area (Å²) in [7, 11) is 0. The van der Waals surface area contributed by atoms with Gasteiger partial charge in [-0.25, -0.2) is 4.39 Å². The van der Waals surface area contributed by atoms with Gasteiger partial charge in [0.1, 0.15) is 5.82 Å². The van der Waals surface area contributed by atoms with E-state index in [1.807, 2.05) is 18.7 Å². The van der Waals surface area contributed by atoms with E-state index in [1.165, 1.54) is 12.1 Å². The summed E-state index contributed by atoms with van der Waals surface area (Å²) in [6.07, 6.45) is 0. The lowest BCUT2D eigenvalue weighted by Crippen LogP contribution is -2.44. The van der Waals surface area contributed by atoms with Crippen molar-refractivity contribution in [1.82, 2.24) is 10.2 Å². The highest BCUT2D eigenvalue weighted by molar-refractivity contribution is 5.78. The lowest BCUT2D eigenvalue weighted by molar-refractivity contribution is -0.123. The van der Waals surface area contributed by atoms with E-state index in [9.17, 15) is 14.3 Å². The molecule has 1 rings (SSSR count). The van der Waals surface area contributed by atoms with Crippen molar-refractivity contribution in [1.29, 1.82) is 0 Å². The fraction of sp³-hybridized carbons (Fsp3) is 0.562. The monoisotopic (exact) mass is 296 g/mol. The van der Waals surface area contributed by atoms with Gasteiger partial charge in [-0.3, -0.25) is 9.69 Å². The standard InChI is InChI=1S/C16H25FN2O2/c1-5-19(11-16(3,4)21)10-15(20)18-12(2)13-6-8-14(17)9-7-13/h6-9,12,21H,5,10-11H2,1-4H3,(H,18,20). The van der Waals surface area contributed by atoms with Crippen molar-refractivity contribution >= 4 is 5.91 Å². The molecule has 0 heterocycles. The fourth-order valence-corrected chi connectivity index (χ4v) is 2.15. The molecule has 0 aliphatic carbocycles. The number of hydrogen-bond acceptors (Lipinski definition) is 3. The Morgan fingerprint density at radius 3 is 2.43 bits per heavy atom. The molecule has 0 saturated carbocycles. The van der Waals surface area contributed by atoms with E-state index in [0.717, 1.165) is 5.56 Å². The third-order valence-corrected chi connectivity index (χ3v) is 3.17. The molecule has 0 aliphatic heterocycles. The molecule has 21 heavy (non-hydrogen) atoms. The van der Waals surface area contributed by atoms with Crippen LogP contribution in [-0.4, -0.2) is 41.1 Å². The van der Waals surface area contributed by atoms with Crippen LogP contribution in [0.4, 0.5) is 4.39 Å². The van der Waals surface area contributed by atoms with Crippen molar-refractivity contribution in [3.63, 3.8) is 0 Å². The van der Waals surface area contributed by atoms with E-state index in [-0.39, 0.29) is 24.3 Å². The molecule has 1 amide bonds. The topological polar surface area (TPSA) is 52.6 Å². The Morgan fingerprint density at radius 1 is 1.38 bits per heavy atom. The van der Waals surface area contributed by atoms with Gasteiger partial charge in [0.25, 0.3) is 0 Å². The minimum Gasteiger partial charge on any atom is -0.389 e. The molecule has 1 aromatic carbocycles. The molecule has 1 unspecified atom stereocenters. The van der Waals surface area contributed by atoms with Crippen LogP contribution in [0.3, 0.4) is 0 Å². The van der Waals surface area contributed by atoms with E-state index in [2.05, 4.69) is 5.32 Å². The largest absolute Gasteiger partial charge is 0.389 e. The molecule has 0 saturated heterocycles. The van der Waals surface area contributed by atoms with Gasteiger partial charge in [-0.2, -0.15) is 0 Å². The number of carbonyl (C=O) groups is 1. The highest BCUT2D eigenvalue weighted by Crippen LogP contribution is 2.13. The minimum absolute atomic E-state index is 0.113. The summed E-state index contributed by atoms with van der Waals surface area (Å²) >= 11 is 0. The maximum Gasteiger partial charge on any atom is 0.234 e. The second kappa shape index (κ2) is 7.52. The Balaban J connectivity index is 2.53. The van der Waals surface area contributed by atoms with Crippen LogP contribution in [0.25, 0.3) is 0 Å². The predicted molar refractivity (Wildman–Crippen MR) is 81.4 cm³/mol. The van der Waals surface area contributed by atoms with Crippen LogP contribution in [0.1, 0.15) is 39.3 Å². The highest BCUT2D eigenvalue weighted by atomic mass is 19.1. The molecule has 1 aromatic rings. The summed E-state index contributed by atoms with van der Waals surface area (Å²) in [5, 5.41) is 12.7. The van der Waals surface area contributed by atoms with Gasteiger partial charge in [-0.15, -0.1) is 0 Å². The second-order valence-electron chi connectivity index (χ2n) is 5.96. The van der Waals surface area contributed by atoms with Gasteiger partial charge in [0, 0.05) is 6.54 Å². The number of aliphatic hydroxyl groups is 1. The smallest absolute Gasteiger partial charge is 0.234 e. The third-order valence-electron chi connectivity index (χ3n) is 3.17. The van der Waals surface area contributed by atoms with Gasteiger partial charge in [-0.1, -0.05) is 19.1 Å². The minimum atomic E-state index is -0.834. The average Bonchev–Trinajstić information content (AvgIpc) is 2.36. The SMILES string of the molecule is CCN(CC(=O)NC(C)c1ccc(F)cc1)CC(C)(C)O. The van der Waals surface area contributed by atoms with Gasteiger partial charge >= 0.3 is 0 Å². The second-order valence-corrected chi connectivity index (χ2v) is 5.96. The van der Waals surface area contributed by atoms with Crippen molar-refractivity contribution < 1.29 is 14.3 Å². The molecular formula is C16H25FN2O2. The molecule has 5 heteroatoms. The number of nitrogens with zero attached hydrogens (tertiary/aromatic N) is 1. The molecular weight excluding hydrogens is 271 g/mol. The van der Waals surface area contributed by atoms with E-state index in [0.29, 0.717) is 13.1 Å². The first-order chi connectivity index (χ1) is 9.71. The van der Waals surface area contributed by atoms with E-state index in [4.69, 9.17) is 0 Å². The Morgan fingerprint density at radius 2 is 1.95 bits per heavy atom. The third kappa shape index (κ3) is 6.69. The van der Waals surface area contributed by atoms with Crippen LogP contribution in [0.2, 0.25) is 0 Å². The number of halogens is 1. The molecule has 0 aromatic heterocycles. The summed E-state index contributed by atoms with van der Waals surface area (Å²) in [6.45, 7) is 8.58. The zero-order valence-electron chi connectivity index (χ0n) is 13.2. The summed E-state index contributed by atoms with van der Waals surface area (Å²) in [5.74, 6) is -0.405. The Hall–Kier alpha value is -1.46. The first-order valence-electron chi connectivity index (χ1n) is 7.21. The van der Waals surface area contributed by atoms with E-state index < -0.39 is 5.60 Å². The predicted octanol–water partition coefficient (Wildman–Crippen LogP) is 2.10. The zero-order valence-corrected chi connectivity index (χ0v) is 13.2. The summed E-state index contributed by atoms with van der Waals surface area (Å²) in [5.41, 5.74) is 0.0223. The Labute approximate surface area is 126 Å². The molecule has 0 fully saturated rings. The molecule has 1 atom stereocenters. The van der Waals surface area contributed by atoms with Crippen LogP contribution < -0.4 is 5.32 Å². The number of likely N-dealkylation sites (N-methyl/N-ethyl adjacent to an activating group) is 1. The number of carbonyl (C=O) groups excluding carboxylic acids is 1. The maximum absolute atomic E-state index is 12.9. The Bertz CT molecular complexity index is 454. The number of hydrogen-bond donors (Lipinski definition) is 2. The molecule has 2 N–H and O–H groups in total. The molecule has 4 nitrogen and oxygen atoms in total. The van der Waals surface area contributed by atoms with Crippen molar-refractivity contribution in [2.24, 2.45) is 0 Å².